The van der Waals surface area contributed by atoms with Gasteiger partial charge in [0.25, 0.3) is 5.89 Å². The predicted molar refractivity (Wildman–Crippen MR) is 90.9 cm³/mol. The van der Waals surface area contributed by atoms with Gasteiger partial charge < -0.3 is 13.9 Å². The maximum absolute atomic E-state index is 5.88. The van der Waals surface area contributed by atoms with E-state index in [0.717, 1.165) is 34.4 Å². The van der Waals surface area contributed by atoms with Crippen molar-refractivity contribution in [2.45, 2.75) is 25.4 Å². The summed E-state index contributed by atoms with van der Waals surface area (Å²) in [5.41, 5.74) is 0. The van der Waals surface area contributed by atoms with Crippen molar-refractivity contribution < 1.29 is 13.9 Å². The third kappa shape index (κ3) is 3.27. The smallest absolute Gasteiger partial charge is 0.253 e. The summed E-state index contributed by atoms with van der Waals surface area (Å²) >= 11 is 5.19. The zero-order valence-electron chi connectivity index (χ0n) is 12.3. The molecule has 0 bridgehead atoms. The Kier molecular flexibility index (Phi) is 4.33. The number of fused-ring (bicyclic) bond motifs is 1. The number of nitrogens with zero attached hydrogens (tertiary/aromatic N) is 2. The van der Waals surface area contributed by atoms with Crippen molar-refractivity contribution in [3.63, 3.8) is 0 Å². The number of aromatic nitrogens is 2. The highest BCUT2D eigenvalue weighted by Gasteiger charge is 2.22. The summed E-state index contributed by atoms with van der Waals surface area (Å²) in [5.74, 6) is 2.18. The van der Waals surface area contributed by atoms with E-state index in [0.29, 0.717) is 18.4 Å². The van der Waals surface area contributed by atoms with Gasteiger partial charge in [0.1, 0.15) is 5.75 Å². The summed E-state index contributed by atoms with van der Waals surface area (Å²) in [6, 6.07) is 8.08. The summed E-state index contributed by atoms with van der Waals surface area (Å²) in [7, 11) is 0. The standard InChI is InChI=1S/C16H15BrN2O3S/c17-14-7-11-12(4-1-5-13(11)23-14)21-9-15-18-19-16(22-15)10-3-2-6-20-8-10/h1,4-5,7,10H,2-3,6,8-9H2. The van der Waals surface area contributed by atoms with Crippen molar-refractivity contribution in [3.05, 3.63) is 39.8 Å². The molecule has 3 aromatic rings. The van der Waals surface area contributed by atoms with Gasteiger partial charge in [0.15, 0.2) is 6.61 Å². The molecule has 2 aromatic heterocycles. The van der Waals surface area contributed by atoms with Gasteiger partial charge >= 0.3 is 0 Å². The van der Waals surface area contributed by atoms with Crippen LogP contribution in [-0.4, -0.2) is 23.4 Å². The fourth-order valence-corrected chi connectivity index (χ4v) is 4.25. The van der Waals surface area contributed by atoms with Crippen LogP contribution >= 0.6 is 27.3 Å². The monoisotopic (exact) mass is 394 g/mol. The Balaban J connectivity index is 1.47. The highest BCUT2D eigenvalue weighted by atomic mass is 79.9. The summed E-state index contributed by atoms with van der Waals surface area (Å²) in [6.07, 6.45) is 2.07. The van der Waals surface area contributed by atoms with Crippen LogP contribution in [0.4, 0.5) is 0 Å². The normalized spacial score (nSPS) is 18.4. The molecule has 0 N–H and O–H groups in total. The Morgan fingerprint density at radius 1 is 1.35 bits per heavy atom. The zero-order valence-corrected chi connectivity index (χ0v) is 14.7. The van der Waals surface area contributed by atoms with Gasteiger partial charge in [-0.1, -0.05) is 6.07 Å². The van der Waals surface area contributed by atoms with E-state index in [9.17, 15) is 0 Å². The topological polar surface area (TPSA) is 57.4 Å². The van der Waals surface area contributed by atoms with Gasteiger partial charge in [0, 0.05) is 16.7 Å². The van der Waals surface area contributed by atoms with Crippen molar-refractivity contribution >= 4 is 37.4 Å². The second kappa shape index (κ2) is 6.59. The Labute approximate surface area is 145 Å². The highest BCUT2D eigenvalue weighted by Crippen LogP contribution is 2.35. The van der Waals surface area contributed by atoms with Crippen LogP contribution < -0.4 is 4.74 Å². The lowest BCUT2D eigenvalue weighted by molar-refractivity contribution is 0.0717. The molecule has 0 saturated carbocycles. The fraction of sp³-hybridized carbons (Fsp3) is 0.375. The molecular weight excluding hydrogens is 380 g/mol. The number of rotatable bonds is 4. The first-order chi connectivity index (χ1) is 11.3. The van der Waals surface area contributed by atoms with Crippen molar-refractivity contribution in [1.82, 2.24) is 10.2 Å². The summed E-state index contributed by atoms with van der Waals surface area (Å²) in [4.78, 5) is 0. The van der Waals surface area contributed by atoms with Gasteiger partial charge in [-0.2, -0.15) is 0 Å². The molecule has 0 aliphatic carbocycles. The molecule has 1 aromatic carbocycles. The van der Waals surface area contributed by atoms with E-state index in [1.807, 2.05) is 12.1 Å². The molecule has 1 saturated heterocycles. The van der Waals surface area contributed by atoms with Crippen molar-refractivity contribution in [2.24, 2.45) is 0 Å². The van der Waals surface area contributed by atoms with Gasteiger partial charge in [0.05, 0.1) is 16.3 Å². The molecule has 23 heavy (non-hydrogen) atoms. The average molecular weight is 395 g/mol. The molecule has 1 aliphatic heterocycles. The Hall–Kier alpha value is -1.44. The number of benzene rings is 1. The first-order valence-corrected chi connectivity index (χ1v) is 9.11. The van der Waals surface area contributed by atoms with Gasteiger partial charge in [-0.3, -0.25) is 0 Å². The van der Waals surface area contributed by atoms with Crippen LogP contribution in [0.1, 0.15) is 30.5 Å². The SMILES string of the molecule is Brc1cc2c(OCc3nnc(C4CCCOC4)o3)cccc2s1. The van der Waals surface area contributed by atoms with E-state index in [-0.39, 0.29) is 12.5 Å². The minimum absolute atomic E-state index is 0.210. The van der Waals surface area contributed by atoms with Gasteiger partial charge in [-0.05, 0) is 47.0 Å². The molecule has 1 atom stereocenters. The van der Waals surface area contributed by atoms with Gasteiger partial charge in [0.2, 0.25) is 5.89 Å². The quantitative estimate of drug-likeness (QED) is 0.650. The minimum Gasteiger partial charge on any atom is -0.483 e. The number of halogens is 1. The van der Waals surface area contributed by atoms with E-state index in [1.54, 1.807) is 11.3 Å². The second-order valence-corrected chi connectivity index (χ2v) is 7.92. The fourth-order valence-electron chi connectivity index (χ4n) is 2.69. The zero-order chi connectivity index (χ0) is 15.6. The van der Waals surface area contributed by atoms with Gasteiger partial charge in [-0.25, -0.2) is 0 Å². The van der Waals surface area contributed by atoms with Crippen molar-refractivity contribution in [1.29, 1.82) is 0 Å². The predicted octanol–water partition coefficient (Wildman–Crippen LogP) is 4.52. The first kappa shape index (κ1) is 15.1. The van der Waals surface area contributed by atoms with Gasteiger partial charge in [-0.15, -0.1) is 21.5 Å². The molecule has 1 aliphatic rings. The molecule has 1 fully saturated rings. The van der Waals surface area contributed by atoms with Crippen LogP contribution in [0.2, 0.25) is 0 Å². The maximum Gasteiger partial charge on any atom is 0.253 e. The number of hydrogen-bond donors (Lipinski definition) is 0. The third-order valence-corrected chi connectivity index (χ3v) is 5.44. The summed E-state index contributed by atoms with van der Waals surface area (Å²) < 4.78 is 19.3. The molecular formula is C16H15BrN2O3S. The van der Waals surface area contributed by atoms with E-state index in [4.69, 9.17) is 13.9 Å². The number of hydrogen-bond acceptors (Lipinski definition) is 6. The molecule has 0 radical (unpaired) electrons. The highest BCUT2D eigenvalue weighted by molar-refractivity contribution is 9.11. The summed E-state index contributed by atoms with van der Waals surface area (Å²) in [6.45, 7) is 1.75. The van der Waals surface area contributed by atoms with Crippen LogP contribution in [0.3, 0.4) is 0 Å². The van der Waals surface area contributed by atoms with E-state index in [2.05, 4.69) is 38.3 Å². The van der Waals surface area contributed by atoms with Crippen LogP contribution in [0.15, 0.2) is 32.5 Å². The molecule has 7 heteroatoms. The van der Waals surface area contributed by atoms with Crippen LogP contribution in [0.5, 0.6) is 5.75 Å². The minimum atomic E-state index is 0.210. The lowest BCUT2D eigenvalue weighted by Gasteiger charge is -2.18. The molecule has 0 spiro atoms. The van der Waals surface area contributed by atoms with Crippen molar-refractivity contribution in [3.8, 4) is 5.75 Å². The van der Waals surface area contributed by atoms with E-state index >= 15 is 0 Å². The first-order valence-electron chi connectivity index (χ1n) is 7.50. The number of ether oxygens (including phenoxy) is 2. The van der Waals surface area contributed by atoms with Crippen molar-refractivity contribution in [2.75, 3.05) is 13.2 Å². The molecule has 3 heterocycles. The largest absolute Gasteiger partial charge is 0.483 e. The van der Waals surface area contributed by atoms with Crippen LogP contribution in [-0.2, 0) is 11.3 Å². The lowest BCUT2D eigenvalue weighted by atomic mass is 10.0. The Morgan fingerprint density at radius 2 is 2.30 bits per heavy atom. The molecule has 0 amide bonds. The summed E-state index contributed by atoms with van der Waals surface area (Å²) in [5, 5.41) is 9.31. The lowest BCUT2D eigenvalue weighted by Crippen LogP contribution is -2.15. The third-order valence-electron chi connectivity index (χ3n) is 3.83. The van der Waals surface area contributed by atoms with Crippen LogP contribution in [0.25, 0.3) is 10.1 Å². The van der Waals surface area contributed by atoms with Crippen LogP contribution in [0, 0.1) is 0 Å². The number of thiophene rings is 1. The van der Waals surface area contributed by atoms with E-state index in [1.165, 1.54) is 4.70 Å². The Morgan fingerprint density at radius 3 is 3.17 bits per heavy atom. The molecule has 1 unspecified atom stereocenters. The second-order valence-electron chi connectivity index (χ2n) is 5.46. The molecule has 5 nitrogen and oxygen atoms in total. The maximum atomic E-state index is 5.88. The molecule has 120 valence electrons. The Bertz CT molecular complexity index is 811. The molecule has 4 rings (SSSR count). The van der Waals surface area contributed by atoms with E-state index < -0.39 is 0 Å². The average Bonchev–Trinajstić information content (AvgIpc) is 3.19.